The molecule has 1 atom stereocenters. The highest BCUT2D eigenvalue weighted by molar-refractivity contribution is 7.99. The van der Waals surface area contributed by atoms with Gasteiger partial charge >= 0.3 is 0 Å². The molecule has 0 saturated carbocycles. The smallest absolute Gasteiger partial charge is 0.191 e. The van der Waals surface area contributed by atoms with Gasteiger partial charge in [-0.15, -0.1) is 11.8 Å². The first-order valence-corrected chi connectivity index (χ1v) is 15.5. The van der Waals surface area contributed by atoms with Crippen molar-refractivity contribution in [3.63, 3.8) is 0 Å². The predicted octanol–water partition coefficient (Wildman–Crippen LogP) is 9.27. The van der Waals surface area contributed by atoms with E-state index < -0.39 is 8.32 Å². The first-order valence-electron chi connectivity index (χ1n) is 11.7. The van der Waals surface area contributed by atoms with Gasteiger partial charge in [-0.25, -0.2) is 0 Å². The Balaban J connectivity index is 1.65. The molecule has 0 fully saturated rings. The lowest BCUT2D eigenvalue weighted by molar-refractivity contribution is 0.277. The van der Waals surface area contributed by atoms with Gasteiger partial charge in [0.05, 0.1) is 0 Å². The van der Waals surface area contributed by atoms with Crippen LogP contribution in [0.4, 0.5) is 0 Å². The zero-order valence-electron chi connectivity index (χ0n) is 19.8. The molecule has 30 heavy (non-hydrogen) atoms. The summed E-state index contributed by atoms with van der Waals surface area (Å²) in [6, 6.07) is 21.8. The van der Waals surface area contributed by atoms with Gasteiger partial charge in [0, 0.05) is 16.8 Å². The van der Waals surface area contributed by atoms with Crippen LogP contribution in [0.3, 0.4) is 0 Å². The second-order valence-corrected chi connectivity index (χ2v) is 15.9. The normalized spacial score (nSPS) is 13.4. The molecule has 3 heteroatoms. The van der Waals surface area contributed by atoms with Crippen LogP contribution in [0.2, 0.25) is 18.1 Å². The number of hydrogen-bond acceptors (Lipinski definition) is 2. The molecule has 0 heterocycles. The summed E-state index contributed by atoms with van der Waals surface area (Å²) in [5.74, 6) is 0. The van der Waals surface area contributed by atoms with Gasteiger partial charge < -0.3 is 4.43 Å². The third kappa shape index (κ3) is 8.99. The maximum atomic E-state index is 6.29. The molecule has 2 aromatic carbocycles. The number of hydrogen-bond donors (Lipinski definition) is 0. The first-order chi connectivity index (χ1) is 14.3. The Morgan fingerprint density at radius 3 is 1.90 bits per heavy atom. The molecule has 166 valence electrons. The van der Waals surface area contributed by atoms with Gasteiger partial charge in [0.1, 0.15) is 0 Å². The van der Waals surface area contributed by atoms with Crippen LogP contribution < -0.4 is 0 Å². The number of rotatable bonds is 13. The lowest BCUT2D eigenvalue weighted by atomic mass is 10.0. The van der Waals surface area contributed by atoms with Crippen LogP contribution >= 0.6 is 11.8 Å². The first kappa shape index (κ1) is 25.2. The van der Waals surface area contributed by atoms with Crippen molar-refractivity contribution in [3.8, 4) is 0 Å². The van der Waals surface area contributed by atoms with E-state index in [0.717, 1.165) is 6.61 Å². The van der Waals surface area contributed by atoms with E-state index in [1.807, 2.05) is 11.8 Å². The van der Waals surface area contributed by atoms with Gasteiger partial charge in [0.25, 0.3) is 0 Å². The second-order valence-electron chi connectivity index (χ2n) is 9.85. The Hall–Kier alpha value is -1.03. The molecule has 0 spiro atoms. The molecule has 0 radical (unpaired) electrons. The predicted molar refractivity (Wildman–Crippen MR) is 137 cm³/mol. The van der Waals surface area contributed by atoms with Crippen LogP contribution in [0, 0.1) is 0 Å². The fourth-order valence-corrected chi connectivity index (χ4v) is 5.62. The Labute approximate surface area is 191 Å². The van der Waals surface area contributed by atoms with Crippen LogP contribution in [0.1, 0.15) is 76.5 Å². The van der Waals surface area contributed by atoms with Gasteiger partial charge in [0.15, 0.2) is 8.32 Å². The molecule has 0 aliphatic rings. The van der Waals surface area contributed by atoms with E-state index in [2.05, 4.69) is 94.5 Å². The minimum absolute atomic E-state index is 0.319. The zero-order valence-corrected chi connectivity index (χ0v) is 21.6. The summed E-state index contributed by atoms with van der Waals surface area (Å²) in [6.07, 6.45) is 9.08. The van der Waals surface area contributed by atoms with E-state index in [1.54, 1.807) is 0 Å². The fraction of sp³-hybridized carbons (Fsp3) is 0.556. The molecule has 0 aliphatic carbocycles. The Bertz CT molecular complexity index is 694. The Kier molecular flexibility index (Phi) is 10.7. The molecule has 0 aromatic heterocycles. The van der Waals surface area contributed by atoms with Crippen molar-refractivity contribution in [2.45, 2.75) is 94.0 Å². The molecule has 1 nitrogen and oxygen atoms in total. The second kappa shape index (κ2) is 12.7. The molecule has 0 amide bonds. The van der Waals surface area contributed by atoms with Crippen molar-refractivity contribution in [2.24, 2.45) is 0 Å². The van der Waals surface area contributed by atoms with E-state index in [1.165, 1.54) is 55.4 Å². The van der Waals surface area contributed by atoms with Gasteiger partial charge in [-0.1, -0.05) is 101 Å². The molecule has 0 N–H and O–H groups in total. The standard InChI is InChI=1S/C27H42OSSi/c1-27(2,3)30(4,5)28-23-17-9-7-6-8-16-22-26(24-18-12-10-13-19-24)29-25-20-14-11-15-21-25/h10-15,18-21,26H,6-9,16-17,22-23H2,1-5H3. The fourth-order valence-electron chi connectivity index (χ4n) is 3.31. The van der Waals surface area contributed by atoms with Gasteiger partial charge in [-0.3, -0.25) is 0 Å². The third-order valence-electron chi connectivity index (χ3n) is 6.32. The molecule has 2 rings (SSSR count). The van der Waals surface area contributed by atoms with Crippen molar-refractivity contribution in [1.29, 1.82) is 0 Å². The van der Waals surface area contributed by atoms with Crippen LogP contribution in [-0.4, -0.2) is 14.9 Å². The quantitative estimate of drug-likeness (QED) is 0.174. The average molecular weight is 443 g/mol. The lowest BCUT2D eigenvalue weighted by Gasteiger charge is -2.36. The molecular formula is C27H42OSSi. The minimum Gasteiger partial charge on any atom is -0.417 e. The largest absolute Gasteiger partial charge is 0.417 e. The molecule has 0 aliphatic heterocycles. The van der Waals surface area contributed by atoms with Gasteiger partial charge in [0.2, 0.25) is 0 Å². The third-order valence-corrected chi connectivity index (χ3v) is 12.2. The van der Waals surface area contributed by atoms with E-state index in [-0.39, 0.29) is 0 Å². The summed E-state index contributed by atoms with van der Waals surface area (Å²) in [5.41, 5.74) is 1.45. The average Bonchev–Trinajstić information content (AvgIpc) is 2.72. The molecule has 0 bridgehead atoms. The number of unbranched alkanes of at least 4 members (excludes halogenated alkanes) is 5. The van der Waals surface area contributed by atoms with Crippen LogP contribution in [0.25, 0.3) is 0 Å². The summed E-state index contributed by atoms with van der Waals surface area (Å²) >= 11 is 2.01. The van der Waals surface area contributed by atoms with Crippen LogP contribution in [0.15, 0.2) is 65.6 Å². The SMILES string of the molecule is CC(C)(C)[Si](C)(C)OCCCCCCCCC(Sc1ccccc1)c1ccccc1. The van der Waals surface area contributed by atoms with E-state index in [0.29, 0.717) is 10.3 Å². The minimum atomic E-state index is -1.57. The van der Waals surface area contributed by atoms with Crippen molar-refractivity contribution in [1.82, 2.24) is 0 Å². The van der Waals surface area contributed by atoms with E-state index in [9.17, 15) is 0 Å². The zero-order chi connectivity index (χ0) is 21.9. The summed E-state index contributed by atoms with van der Waals surface area (Å²) < 4.78 is 6.29. The molecule has 2 aromatic rings. The molecule has 0 saturated heterocycles. The Morgan fingerprint density at radius 1 is 0.767 bits per heavy atom. The maximum absolute atomic E-state index is 6.29. The Morgan fingerprint density at radius 2 is 1.30 bits per heavy atom. The summed E-state index contributed by atoms with van der Waals surface area (Å²) in [7, 11) is -1.57. The maximum Gasteiger partial charge on any atom is 0.191 e. The van der Waals surface area contributed by atoms with Gasteiger partial charge in [-0.2, -0.15) is 0 Å². The van der Waals surface area contributed by atoms with E-state index >= 15 is 0 Å². The molecular weight excluding hydrogens is 400 g/mol. The molecule has 1 unspecified atom stereocenters. The lowest BCUT2D eigenvalue weighted by Crippen LogP contribution is -2.40. The van der Waals surface area contributed by atoms with Crippen molar-refractivity contribution >= 4 is 20.1 Å². The summed E-state index contributed by atoms with van der Waals surface area (Å²) in [5, 5.41) is 0.867. The summed E-state index contributed by atoms with van der Waals surface area (Å²) in [4.78, 5) is 1.37. The summed E-state index contributed by atoms with van der Waals surface area (Å²) in [6.45, 7) is 12.6. The highest BCUT2D eigenvalue weighted by Gasteiger charge is 2.36. The monoisotopic (exact) mass is 442 g/mol. The van der Waals surface area contributed by atoms with Gasteiger partial charge in [-0.05, 0) is 48.7 Å². The highest BCUT2D eigenvalue weighted by atomic mass is 32.2. The van der Waals surface area contributed by atoms with Crippen molar-refractivity contribution in [3.05, 3.63) is 66.2 Å². The van der Waals surface area contributed by atoms with Crippen LogP contribution in [0.5, 0.6) is 0 Å². The number of thioether (sulfide) groups is 1. The van der Waals surface area contributed by atoms with Crippen molar-refractivity contribution < 1.29 is 4.43 Å². The van der Waals surface area contributed by atoms with Crippen molar-refractivity contribution in [2.75, 3.05) is 6.61 Å². The van der Waals surface area contributed by atoms with E-state index in [4.69, 9.17) is 4.43 Å². The topological polar surface area (TPSA) is 9.23 Å². The van der Waals surface area contributed by atoms with Crippen LogP contribution in [-0.2, 0) is 4.43 Å². The number of benzene rings is 2. The highest BCUT2D eigenvalue weighted by Crippen LogP contribution is 2.39.